The molecule has 4 nitrogen and oxygen atoms in total. The average Bonchev–Trinajstić information content (AvgIpc) is 2.84. The van der Waals surface area contributed by atoms with E-state index in [1.165, 1.54) is 6.08 Å². The molecule has 0 aromatic heterocycles. The van der Waals surface area contributed by atoms with E-state index in [-0.39, 0.29) is 10.6 Å². The molecule has 0 unspecified atom stereocenters. The fourth-order valence-electron chi connectivity index (χ4n) is 3.40. The van der Waals surface area contributed by atoms with E-state index in [4.69, 9.17) is 27.9 Å². The molecule has 0 spiro atoms. The Bertz CT molecular complexity index is 1460. The minimum atomic E-state index is -0.584. The van der Waals surface area contributed by atoms with Crippen LogP contribution in [0, 0.1) is 11.3 Å². The van der Waals surface area contributed by atoms with Crippen molar-refractivity contribution in [1.82, 2.24) is 0 Å². The summed E-state index contributed by atoms with van der Waals surface area (Å²) in [4.78, 5) is 12.6. The van der Waals surface area contributed by atoms with Crippen LogP contribution in [0.4, 0.5) is 5.69 Å². The molecule has 0 saturated heterocycles. The van der Waals surface area contributed by atoms with Gasteiger partial charge in [0.15, 0.2) is 0 Å². The van der Waals surface area contributed by atoms with E-state index in [1.54, 1.807) is 36.4 Å². The van der Waals surface area contributed by atoms with Gasteiger partial charge in [-0.1, -0.05) is 77.8 Å². The molecule has 0 fully saturated rings. The van der Waals surface area contributed by atoms with E-state index in [1.807, 2.05) is 30.3 Å². The van der Waals surface area contributed by atoms with E-state index in [0.717, 1.165) is 16.3 Å². The Hall–Kier alpha value is -3.30. The predicted octanol–water partition coefficient (Wildman–Crippen LogP) is 8.03. The number of amides is 1. The van der Waals surface area contributed by atoms with Gasteiger partial charge >= 0.3 is 0 Å². The van der Waals surface area contributed by atoms with E-state index in [2.05, 4.69) is 39.4 Å². The molecule has 7 heteroatoms. The van der Waals surface area contributed by atoms with Crippen molar-refractivity contribution in [2.24, 2.45) is 0 Å². The number of hydrogen-bond donors (Lipinski definition) is 1. The number of fused-ring (bicyclic) bond motifs is 1. The van der Waals surface area contributed by atoms with Gasteiger partial charge in [0, 0.05) is 0 Å². The zero-order chi connectivity index (χ0) is 24.1. The summed E-state index contributed by atoms with van der Waals surface area (Å²) in [5.74, 6) is 0.0674. The number of carbonyl (C=O) groups is 1. The Balaban J connectivity index is 1.49. The number of benzene rings is 4. The molecule has 0 radical (unpaired) electrons. The van der Waals surface area contributed by atoms with Crippen LogP contribution in [0.5, 0.6) is 5.75 Å². The highest BCUT2D eigenvalue weighted by Gasteiger charge is 2.13. The van der Waals surface area contributed by atoms with Crippen molar-refractivity contribution in [1.29, 1.82) is 5.26 Å². The molecule has 4 aromatic carbocycles. The standard InChI is InChI=1S/C27H17BrCl2N2O2/c28-22-14-17(13-20(15-31)27(33)32-24-10-4-9-23(29)26(24)30)11-12-25(22)34-16-19-7-3-6-18-5-1-2-8-21(18)19/h1-14H,16H2,(H,32,33)/b20-13+. The largest absolute Gasteiger partial charge is 0.488 e. The molecule has 1 amide bonds. The second-order valence-corrected chi connectivity index (χ2v) is 8.98. The second kappa shape index (κ2) is 10.8. The number of ether oxygens (including phenoxy) is 1. The summed E-state index contributed by atoms with van der Waals surface area (Å²) >= 11 is 15.6. The van der Waals surface area contributed by atoms with Crippen LogP contribution in [-0.2, 0) is 11.4 Å². The van der Waals surface area contributed by atoms with Crippen LogP contribution in [0.3, 0.4) is 0 Å². The molecule has 0 bridgehead atoms. The molecule has 34 heavy (non-hydrogen) atoms. The average molecular weight is 552 g/mol. The Labute approximate surface area is 215 Å². The lowest BCUT2D eigenvalue weighted by atomic mass is 10.1. The number of carbonyl (C=O) groups excluding carboxylic acids is 1. The highest BCUT2D eigenvalue weighted by molar-refractivity contribution is 9.10. The lowest BCUT2D eigenvalue weighted by molar-refractivity contribution is -0.112. The van der Waals surface area contributed by atoms with Gasteiger partial charge in [0.1, 0.15) is 24.0 Å². The van der Waals surface area contributed by atoms with Crippen molar-refractivity contribution in [2.45, 2.75) is 6.61 Å². The maximum absolute atomic E-state index is 12.6. The molecular weight excluding hydrogens is 535 g/mol. The summed E-state index contributed by atoms with van der Waals surface area (Å²) in [6.07, 6.45) is 1.49. The highest BCUT2D eigenvalue weighted by Crippen LogP contribution is 2.31. The maximum atomic E-state index is 12.6. The molecule has 0 heterocycles. The van der Waals surface area contributed by atoms with Crippen LogP contribution >= 0.6 is 39.1 Å². The number of nitrogens with one attached hydrogen (secondary N) is 1. The minimum Gasteiger partial charge on any atom is -0.488 e. The molecule has 0 aliphatic rings. The van der Waals surface area contributed by atoms with Crippen LogP contribution in [0.25, 0.3) is 16.8 Å². The van der Waals surface area contributed by atoms with Gasteiger partial charge < -0.3 is 10.1 Å². The SMILES string of the molecule is N#C/C(=C\c1ccc(OCc2cccc3ccccc23)c(Br)c1)C(=O)Nc1cccc(Cl)c1Cl. The summed E-state index contributed by atoms with van der Waals surface area (Å²) < 4.78 is 6.73. The Kier molecular flexibility index (Phi) is 7.54. The summed E-state index contributed by atoms with van der Waals surface area (Å²) in [5, 5.41) is 14.9. The Morgan fingerprint density at radius 2 is 1.79 bits per heavy atom. The van der Waals surface area contributed by atoms with Crippen molar-refractivity contribution in [3.63, 3.8) is 0 Å². The summed E-state index contributed by atoms with van der Waals surface area (Å²) in [6.45, 7) is 0.404. The molecular formula is C27H17BrCl2N2O2. The van der Waals surface area contributed by atoms with Gasteiger partial charge in [0.2, 0.25) is 0 Å². The van der Waals surface area contributed by atoms with Crippen molar-refractivity contribution < 1.29 is 9.53 Å². The van der Waals surface area contributed by atoms with Crippen molar-refractivity contribution >= 4 is 67.6 Å². The number of nitriles is 1. The third-order valence-corrected chi connectivity index (χ3v) is 6.53. The number of nitrogens with zero attached hydrogens (tertiary/aromatic N) is 1. The van der Waals surface area contributed by atoms with Crippen molar-refractivity contribution in [3.05, 3.63) is 110 Å². The van der Waals surface area contributed by atoms with Gasteiger partial charge in [-0.15, -0.1) is 0 Å². The monoisotopic (exact) mass is 550 g/mol. The van der Waals surface area contributed by atoms with Gasteiger partial charge in [0.05, 0.1) is 20.2 Å². The van der Waals surface area contributed by atoms with Crippen LogP contribution in [-0.4, -0.2) is 5.91 Å². The molecule has 0 aliphatic heterocycles. The topological polar surface area (TPSA) is 62.1 Å². The van der Waals surface area contributed by atoms with Crippen LogP contribution in [0.2, 0.25) is 10.0 Å². The fourth-order valence-corrected chi connectivity index (χ4v) is 4.26. The highest BCUT2D eigenvalue weighted by atomic mass is 79.9. The molecule has 1 N–H and O–H groups in total. The lowest BCUT2D eigenvalue weighted by Crippen LogP contribution is -2.13. The maximum Gasteiger partial charge on any atom is 0.266 e. The summed E-state index contributed by atoms with van der Waals surface area (Å²) in [5.41, 5.74) is 2.00. The molecule has 0 atom stereocenters. The molecule has 0 saturated carbocycles. The zero-order valence-electron chi connectivity index (χ0n) is 17.7. The van der Waals surface area contributed by atoms with Gasteiger partial charge in [0.25, 0.3) is 5.91 Å². The number of halogens is 3. The predicted molar refractivity (Wildman–Crippen MR) is 141 cm³/mol. The Morgan fingerprint density at radius 1 is 1.03 bits per heavy atom. The van der Waals surface area contributed by atoms with E-state index in [9.17, 15) is 10.1 Å². The molecule has 4 aromatic rings. The summed E-state index contributed by atoms with van der Waals surface area (Å²) in [7, 11) is 0. The first-order chi connectivity index (χ1) is 16.5. The number of anilines is 1. The zero-order valence-corrected chi connectivity index (χ0v) is 20.8. The quantitative estimate of drug-likeness (QED) is 0.195. The summed E-state index contributed by atoms with van der Waals surface area (Å²) in [6, 6.07) is 26.4. The third kappa shape index (κ3) is 5.43. The lowest BCUT2D eigenvalue weighted by Gasteiger charge is -2.11. The normalized spacial score (nSPS) is 11.2. The van der Waals surface area contributed by atoms with Gasteiger partial charge in [-0.05, 0) is 68.2 Å². The van der Waals surface area contributed by atoms with Gasteiger partial charge in [-0.2, -0.15) is 5.26 Å². The minimum absolute atomic E-state index is 0.0765. The smallest absolute Gasteiger partial charge is 0.266 e. The number of rotatable bonds is 6. The number of hydrogen-bond acceptors (Lipinski definition) is 3. The first-order valence-corrected chi connectivity index (χ1v) is 11.8. The van der Waals surface area contributed by atoms with E-state index in [0.29, 0.717) is 33.1 Å². The van der Waals surface area contributed by atoms with Crippen LogP contribution in [0.15, 0.2) is 88.9 Å². The first-order valence-electron chi connectivity index (χ1n) is 10.2. The van der Waals surface area contributed by atoms with Gasteiger partial charge in [-0.25, -0.2) is 0 Å². The van der Waals surface area contributed by atoms with Crippen molar-refractivity contribution in [3.8, 4) is 11.8 Å². The van der Waals surface area contributed by atoms with Crippen molar-refractivity contribution in [2.75, 3.05) is 5.32 Å². The molecule has 168 valence electrons. The van der Waals surface area contributed by atoms with Crippen LogP contribution in [0.1, 0.15) is 11.1 Å². The Morgan fingerprint density at radius 3 is 2.59 bits per heavy atom. The van der Waals surface area contributed by atoms with Crippen LogP contribution < -0.4 is 10.1 Å². The third-order valence-electron chi connectivity index (χ3n) is 5.09. The first kappa shape index (κ1) is 23.8. The van der Waals surface area contributed by atoms with E-state index < -0.39 is 5.91 Å². The molecule has 4 rings (SSSR count). The fraction of sp³-hybridized carbons (Fsp3) is 0.0370. The van der Waals surface area contributed by atoms with Gasteiger partial charge in [-0.3, -0.25) is 4.79 Å². The van der Waals surface area contributed by atoms with E-state index >= 15 is 0 Å². The molecule has 0 aliphatic carbocycles. The second-order valence-electron chi connectivity index (χ2n) is 7.34.